The fraction of sp³-hybridized carbons (Fsp3) is 0.429. The number of ether oxygens (including phenoxy) is 1. The van der Waals surface area contributed by atoms with Gasteiger partial charge in [-0.05, 0) is 74.4 Å². The van der Waals surface area contributed by atoms with Crippen molar-refractivity contribution in [3.8, 4) is 5.75 Å². The second kappa shape index (κ2) is 8.95. The molecule has 0 aromatic heterocycles. The highest BCUT2D eigenvalue weighted by atomic mass is 16.5. The zero-order chi connectivity index (χ0) is 24.9. The Kier molecular flexibility index (Phi) is 5.95. The van der Waals surface area contributed by atoms with Crippen LogP contribution in [-0.4, -0.2) is 30.2 Å². The van der Waals surface area contributed by atoms with E-state index in [0.717, 1.165) is 36.1 Å². The van der Waals surface area contributed by atoms with Crippen LogP contribution in [0.4, 0.5) is 11.4 Å². The molecule has 5 rings (SSSR count). The van der Waals surface area contributed by atoms with E-state index in [1.807, 2.05) is 32.0 Å². The number of hydrogen-bond acceptors (Lipinski definition) is 5. The van der Waals surface area contributed by atoms with Crippen LogP contribution in [0.25, 0.3) is 0 Å². The minimum absolute atomic E-state index is 0.0795. The third kappa shape index (κ3) is 4.35. The quantitative estimate of drug-likeness (QED) is 0.377. The highest BCUT2D eigenvalue weighted by Crippen LogP contribution is 2.42. The standard InChI is InChI=1S/C28H30N2O5/c1-16-7-8-23-24(12-16)27(33)30(26(23)32)20-5-4-6-22(14-20)35-28(34)19-13-25(31)29(15-19)21-10-17(2)9-18(3)11-21/h4-6,9-11,14,16,19,23-24H,7-8,12-13,15H2,1-3H3/t16-,19+,23+,24-/m0/s1. The van der Waals surface area contributed by atoms with E-state index in [0.29, 0.717) is 11.6 Å². The highest BCUT2D eigenvalue weighted by Gasteiger charge is 2.50. The SMILES string of the molecule is Cc1cc(C)cc(N2C[C@H](C(=O)Oc3cccc(N4C(=O)[C@H]5C[C@@H](C)CC[C@H]5C4=O)c3)CC2=O)c1. The number of carbonyl (C=O) groups excluding carboxylic acids is 4. The Balaban J connectivity index is 1.29. The highest BCUT2D eigenvalue weighted by molar-refractivity contribution is 6.22. The Hall–Kier alpha value is -3.48. The van der Waals surface area contributed by atoms with Crippen LogP contribution in [0.5, 0.6) is 5.75 Å². The van der Waals surface area contributed by atoms with Gasteiger partial charge in [-0.15, -0.1) is 0 Å². The van der Waals surface area contributed by atoms with E-state index in [2.05, 4.69) is 6.92 Å². The molecule has 2 aromatic rings. The first-order chi connectivity index (χ1) is 16.7. The number of nitrogens with zero attached hydrogens (tertiary/aromatic N) is 2. The Bertz CT molecular complexity index is 1200. The van der Waals surface area contributed by atoms with Gasteiger partial charge < -0.3 is 9.64 Å². The number of fused-ring (bicyclic) bond motifs is 1. The smallest absolute Gasteiger partial charge is 0.316 e. The van der Waals surface area contributed by atoms with Crippen molar-refractivity contribution in [2.75, 3.05) is 16.3 Å². The Morgan fingerprint density at radius 1 is 0.914 bits per heavy atom. The van der Waals surface area contributed by atoms with Crippen LogP contribution >= 0.6 is 0 Å². The maximum Gasteiger partial charge on any atom is 0.316 e. The van der Waals surface area contributed by atoms with Crippen molar-refractivity contribution in [1.82, 2.24) is 0 Å². The van der Waals surface area contributed by atoms with E-state index in [4.69, 9.17) is 4.74 Å². The molecule has 2 aromatic carbocycles. The van der Waals surface area contributed by atoms with Crippen molar-refractivity contribution >= 4 is 35.1 Å². The first kappa shape index (κ1) is 23.3. The van der Waals surface area contributed by atoms with Gasteiger partial charge in [0.2, 0.25) is 17.7 Å². The maximum absolute atomic E-state index is 13.0. The number of benzene rings is 2. The number of aryl methyl sites for hydroxylation is 2. The Labute approximate surface area is 205 Å². The fourth-order valence-electron chi connectivity index (χ4n) is 5.75. The summed E-state index contributed by atoms with van der Waals surface area (Å²) in [6.45, 7) is 6.32. The van der Waals surface area contributed by atoms with Gasteiger partial charge in [0.1, 0.15) is 5.75 Å². The van der Waals surface area contributed by atoms with E-state index in [9.17, 15) is 19.2 Å². The molecule has 1 aliphatic carbocycles. The van der Waals surface area contributed by atoms with Crippen LogP contribution in [-0.2, 0) is 19.2 Å². The summed E-state index contributed by atoms with van der Waals surface area (Å²) in [6, 6.07) is 12.5. The van der Waals surface area contributed by atoms with Gasteiger partial charge in [0.15, 0.2) is 0 Å². The topological polar surface area (TPSA) is 84.0 Å². The average molecular weight is 475 g/mol. The largest absolute Gasteiger partial charge is 0.426 e. The van der Waals surface area contributed by atoms with Gasteiger partial charge >= 0.3 is 5.97 Å². The number of imide groups is 1. The maximum atomic E-state index is 13.0. The molecule has 35 heavy (non-hydrogen) atoms. The first-order valence-electron chi connectivity index (χ1n) is 12.3. The van der Waals surface area contributed by atoms with E-state index in [-0.39, 0.29) is 48.3 Å². The zero-order valence-electron chi connectivity index (χ0n) is 20.3. The molecular weight excluding hydrogens is 444 g/mol. The second-order valence-corrected chi connectivity index (χ2v) is 10.3. The van der Waals surface area contributed by atoms with Crippen molar-refractivity contribution in [1.29, 1.82) is 0 Å². The van der Waals surface area contributed by atoms with Gasteiger partial charge in [-0.25, -0.2) is 4.90 Å². The van der Waals surface area contributed by atoms with Crippen molar-refractivity contribution < 1.29 is 23.9 Å². The summed E-state index contributed by atoms with van der Waals surface area (Å²) >= 11 is 0. The average Bonchev–Trinajstić information content (AvgIpc) is 3.31. The predicted molar refractivity (Wildman–Crippen MR) is 131 cm³/mol. The molecular formula is C28H30N2O5. The summed E-state index contributed by atoms with van der Waals surface area (Å²) in [6.07, 6.45) is 2.49. The molecule has 2 heterocycles. The Morgan fingerprint density at radius 3 is 2.37 bits per heavy atom. The minimum Gasteiger partial charge on any atom is -0.426 e. The predicted octanol–water partition coefficient (Wildman–Crippen LogP) is 4.19. The molecule has 2 aliphatic heterocycles. The number of amides is 3. The third-order valence-electron chi connectivity index (χ3n) is 7.46. The molecule has 0 unspecified atom stereocenters. The van der Waals surface area contributed by atoms with Crippen LogP contribution in [0, 0.1) is 37.5 Å². The lowest BCUT2D eigenvalue weighted by Crippen LogP contribution is -2.31. The van der Waals surface area contributed by atoms with Gasteiger partial charge in [0, 0.05) is 24.7 Å². The molecule has 3 amide bonds. The van der Waals surface area contributed by atoms with Crippen molar-refractivity contribution in [2.45, 2.75) is 46.5 Å². The van der Waals surface area contributed by atoms with Gasteiger partial charge in [-0.3, -0.25) is 19.2 Å². The number of esters is 1. The third-order valence-corrected chi connectivity index (χ3v) is 7.46. The number of anilines is 2. The van der Waals surface area contributed by atoms with Gasteiger partial charge in [0.25, 0.3) is 0 Å². The van der Waals surface area contributed by atoms with E-state index in [1.165, 1.54) is 4.90 Å². The molecule has 2 saturated heterocycles. The van der Waals surface area contributed by atoms with Crippen molar-refractivity contribution in [3.05, 3.63) is 53.6 Å². The summed E-state index contributed by atoms with van der Waals surface area (Å²) in [5.41, 5.74) is 3.31. The van der Waals surface area contributed by atoms with Crippen LogP contribution in [0.1, 0.15) is 43.7 Å². The van der Waals surface area contributed by atoms with Crippen LogP contribution in [0.2, 0.25) is 0 Å². The lowest BCUT2D eigenvalue weighted by atomic mass is 9.76. The first-order valence-corrected chi connectivity index (χ1v) is 12.3. The summed E-state index contributed by atoms with van der Waals surface area (Å²) in [5.74, 6) is -1.37. The summed E-state index contributed by atoms with van der Waals surface area (Å²) in [4.78, 5) is 54.5. The van der Waals surface area contributed by atoms with Crippen LogP contribution in [0.3, 0.4) is 0 Å². The van der Waals surface area contributed by atoms with Gasteiger partial charge in [-0.2, -0.15) is 0 Å². The van der Waals surface area contributed by atoms with E-state index < -0.39 is 11.9 Å². The molecule has 0 N–H and O–H groups in total. The summed E-state index contributed by atoms with van der Waals surface area (Å²) in [7, 11) is 0. The zero-order valence-corrected chi connectivity index (χ0v) is 20.3. The van der Waals surface area contributed by atoms with E-state index >= 15 is 0 Å². The van der Waals surface area contributed by atoms with Crippen molar-refractivity contribution in [2.24, 2.45) is 23.7 Å². The normalized spacial score (nSPS) is 26.3. The monoisotopic (exact) mass is 474 g/mol. The molecule has 3 fully saturated rings. The molecule has 4 atom stereocenters. The lowest BCUT2D eigenvalue weighted by Gasteiger charge is -2.25. The van der Waals surface area contributed by atoms with E-state index in [1.54, 1.807) is 29.2 Å². The molecule has 182 valence electrons. The van der Waals surface area contributed by atoms with Crippen molar-refractivity contribution in [3.63, 3.8) is 0 Å². The molecule has 0 radical (unpaired) electrons. The number of rotatable bonds is 4. The molecule has 0 spiro atoms. The lowest BCUT2D eigenvalue weighted by molar-refractivity contribution is -0.139. The fourth-order valence-corrected chi connectivity index (χ4v) is 5.75. The molecule has 7 heteroatoms. The molecule has 7 nitrogen and oxygen atoms in total. The molecule has 0 bridgehead atoms. The van der Waals surface area contributed by atoms with Crippen LogP contribution in [0.15, 0.2) is 42.5 Å². The number of hydrogen-bond donors (Lipinski definition) is 0. The second-order valence-electron chi connectivity index (χ2n) is 10.3. The van der Waals surface area contributed by atoms with Gasteiger partial charge in [0.05, 0.1) is 23.4 Å². The van der Waals surface area contributed by atoms with Gasteiger partial charge in [-0.1, -0.05) is 19.1 Å². The summed E-state index contributed by atoms with van der Waals surface area (Å²) < 4.78 is 5.62. The number of carbonyl (C=O) groups is 4. The molecule has 1 saturated carbocycles. The Morgan fingerprint density at radius 2 is 1.63 bits per heavy atom. The molecule has 3 aliphatic rings. The minimum atomic E-state index is -0.591. The van der Waals surface area contributed by atoms with Crippen LogP contribution < -0.4 is 14.5 Å². The summed E-state index contributed by atoms with van der Waals surface area (Å²) in [5, 5.41) is 0.